The molecule has 0 saturated carbocycles. The van der Waals surface area contributed by atoms with Crippen LogP contribution in [0.3, 0.4) is 0 Å². The van der Waals surface area contributed by atoms with Crippen molar-refractivity contribution in [1.29, 1.82) is 0 Å². The molecule has 0 unspecified atom stereocenters. The van der Waals surface area contributed by atoms with Crippen LogP contribution in [-0.2, 0) is 24.8 Å². The molecule has 0 aliphatic heterocycles. The lowest BCUT2D eigenvalue weighted by molar-refractivity contribution is -0.128. The SMILES string of the molecule is Cn1c(Cc2cc(CNC(=O)C(C)(C)C)ccc2Cl)nc2cc(C(=O)Nc3ccc(Br)cc3)ccc21. The Balaban J connectivity index is 1.53. The normalized spacial score (nSPS) is 11.5. The van der Waals surface area contributed by atoms with Crippen molar-refractivity contribution >= 4 is 56.1 Å². The second-order valence-electron chi connectivity index (χ2n) is 9.79. The molecule has 0 fully saturated rings. The monoisotopic (exact) mass is 566 g/mol. The smallest absolute Gasteiger partial charge is 0.255 e. The second-order valence-corrected chi connectivity index (χ2v) is 11.1. The highest BCUT2D eigenvalue weighted by Crippen LogP contribution is 2.24. The van der Waals surface area contributed by atoms with Crippen LogP contribution >= 0.6 is 27.5 Å². The number of aryl methyl sites for hydroxylation is 1. The Kier molecular flexibility index (Phi) is 7.52. The zero-order valence-corrected chi connectivity index (χ0v) is 23.0. The molecule has 0 spiro atoms. The van der Waals surface area contributed by atoms with Crippen molar-refractivity contribution in [3.8, 4) is 0 Å². The van der Waals surface area contributed by atoms with Crippen molar-refractivity contribution in [2.45, 2.75) is 33.7 Å². The van der Waals surface area contributed by atoms with E-state index < -0.39 is 5.41 Å². The highest BCUT2D eigenvalue weighted by atomic mass is 79.9. The molecule has 0 bridgehead atoms. The average molecular weight is 568 g/mol. The second kappa shape index (κ2) is 10.4. The van der Waals surface area contributed by atoms with Crippen LogP contribution in [0.5, 0.6) is 0 Å². The predicted molar refractivity (Wildman–Crippen MR) is 148 cm³/mol. The number of rotatable bonds is 6. The molecule has 0 aliphatic carbocycles. The highest BCUT2D eigenvalue weighted by Gasteiger charge is 2.20. The van der Waals surface area contributed by atoms with E-state index in [1.807, 2.05) is 80.9 Å². The van der Waals surface area contributed by atoms with Crippen LogP contribution in [0, 0.1) is 5.41 Å². The van der Waals surface area contributed by atoms with Crippen molar-refractivity contribution < 1.29 is 9.59 Å². The lowest BCUT2D eigenvalue weighted by Gasteiger charge is -2.18. The number of anilines is 1. The maximum atomic E-state index is 12.8. The average Bonchev–Trinajstić information content (AvgIpc) is 3.14. The molecule has 1 aromatic heterocycles. The molecule has 2 amide bonds. The summed E-state index contributed by atoms with van der Waals surface area (Å²) in [6, 6.07) is 18.7. The lowest BCUT2D eigenvalue weighted by atomic mass is 9.95. The van der Waals surface area contributed by atoms with E-state index in [1.54, 1.807) is 12.1 Å². The largest absolute Gasteiger partial charge is 0.352 e. The van der Waals surface area contributed by atoms with Gasteiger partial charge in [0.05, 0.1) is 11.0 Å². The molecule has 2 N–H and O–H groups in total. The maximum Gasteiger partial charge on any atom is 0.255 e. The van der Waals surface area contributed by atoms with Gasteiger partial charge in [-0.15, -0.1) is 0 Å². The van der Waals surface area contributed by atoms with Crippen molar-refractivity contribution in [2.75, 3.05) is 5.32 Å². The fraction of sp³-hybridized carbons (Fsp3) is 0.250. The topological polar surface area (TPSA) is 76.0 Å². The molecular weight excluding hydrogens is 540 g/mol. The number of imidazole rings is 1. The molecule has 3 aromatic carbocycles. The zero-order chi connectivity index (χ0) is 26.0. The molecule has 36 heavy (non-hydrogen) atoms. The summed E-state index contributed by atoms with van der Waals surface area (Å²) in [5.41, 5.74) is 4.36. The van der Waals surface area contributed by atoms with Crippen molar-refractivity contribution in [1.82, 2.24) is 14.9 Å². The quantitative estimate of drug-likeness (QED) is 0.279. The number of hydrogen-bond acceptors (Lipinski definition) is 3. The molecule has 4 aromatic rings. The number of nitrogens with one attached hydrogen (secondary N) is 2. The number of hydrogen-bond donors (Lipinski definition) is 2. The molecule has 0 radical (unpaired) electrons. The Morgan fingerprint density at radius 2 is 1.75 bits per heavy atom. The fourth-order valence-corrected chi connectivity index (χ4v) is 4.23. The number of carbonyl (C=O) groups excluding carboxylic acids is 2. The zero-order valence-electron chi connectivity index (χ0n) is 20.7. The first-order chi connectivity index (χ1) is 17.0. The standard InChI is InChI=1S/C28H28BrClN4O2/c1-28(2,3)27(36)31-16-17-5-11-22(30)19(13-17)15-25-33-23-14-18(6-12-24(23)34(25)4)26(35)32-21-9-7-20(29)8-10-21/h5-14H,15-16H2,1-4H3,(H,31,36)(H,32,35). The van der Waals surface area contributed by atoms with Gasteiger partial charge in [0.2, 0.25) is 5.91 Å². The van der Waals surface area contributed by atoms with E-state index >= 15 is 0 Å². The summed E-state index contributed by atoms with van der Waals surface area (Å²) >= 11 is 9.90. The van der Waals surface area contributed by atoms with Gasteiger partial charge in [-0.3, -0.25) is 9.59 Å². The van der Waals surface area contributed by atoms with Gasteiger partial charge < -0.3 is 15.2 Å². The molecule has 6 nitrogen and oxygen atoms in total. The number of amides is 2. The van der Waals surface area contributed by atoms with E-state index in [2.05, 4.69) is 26.6 Å². The van der Waals surface area contributed by atoms with E-state index in [1.165, 1.54) is 0 Å². The molecule has 186 valence electrons. The highest BCUT2D eigenvalue weighted by molar-refractivity contribution is 9.10. The Labute approximate surface area is 224 Å². The number of carbonyl (C=O) groups is 2. The number of halogens is 2. The maximum absolute atomic E-state index is 12.8. The van der Waals surface area contributed by atoms with Gasteiger partial charge in [-0.1, -0.05) is 60.4 Å². The van der Waals surface area contributed by atoms with E-state index in [9.17, 15) is 9.59 Å². The van der Waals surface area contributed by atoms with Crippen LogP contribution in [0.4, 0.5) is 5.69 Å². The van der Waals surface area contributed by atoms with Gasteiger partial charge in [0.25, 0.3) is 5.91 Å². The first kappa shape index (κ1) is 25.9. The molecular formula is C28H28BrClN4O2. The molecule has 0 aliphatic rings. The van der Waals surface area contributed by atoms with Crippen LogP contribution in [0.2, 0.25) is 5.02 Å². The Morgan fingerprint density at radius 1 is 1.03 bits per heavy atom. The van der Waals surface area contributed by atoms with Crippen LogP contribution in [-0.4, -0.2) is 21.4 Å². The molecule has 0 saturated heterocycles. The number of benzene rings is 3. The van der Waals surface area contributed by atoms with Gasteiger partial charge >= 0.3 is 0 Å². The number of nitrogens with zero attached hydrogens (tertiary/aromatic N) is 2. The summed E-state index contributed by atoms with van der Waals surface area (Å²) in [5, 5.41) is 6.53. The van der Waals surface area contributed by atoms with Gasteiger partial charge in [-0.05, 0) is 59.7 Å². The first-order valence-electron chi connectivity index (χ1n) is 11.6. The lowest BCUT2D eigenvalue weighted by Crippen LogP contribution is -2.34. The van der Waals surface area contributed by atoms with Crippen LogP contribution in [0.15, 0.2) is 65.1 Å². The van der Waals surface area contributed by atoms with Gasteiger partial charge in [0.15, 0.2) is 0 Å². The summed E-state index contributed by atoms with van der Waals surface area (Å²) in [5.74, 6) is 0.627. The summed E-state index contributed by atoms with van der Waals surface area (Å²) < 4.78 is 2.96. The predicted octanol–water partition coefficient (Wildman–Crippen LogP) is 6.49. The Morgan fingerprint density at radius 3 is 2.44 bits per heavy atom. The minimum absolute atomic E-state index is 0.00525. The minimum atomic E-state index is -0.448. The Bertz CT molecular complexity index is 1440. The fourth-order valence-electron chi connectivity index (χ4n) is 3.78. The summed E-state index contributed by atoms with van der Waals surface area (Å²) in [7, 11) is 1.95. The van der Waals surface area contributed by atoms with Gasteiger partial charge in [-0.2, -0.15) is 0 Å². The number of fused-ring (bicyclic) bond motifs is 1. The first-order valence-corrected chi connectivity index (χ1v) is 12.8. The van der Waals surface area contributed by atoms with Gasteiger partial charge in [0.1, 0.15) is 5.82 Å². The van der Waals surface area contributed by atoms with Crippen LogP contribution in [0.25, 0.3) is 11.0 Å². The molecule has 4 rings (SSSR count). The summed E-state index contributed by atoms with van der Waals surface area (Å²) in [6.07, 6.45) is 0.519. The molecule has 0 atom stereocenters. The third-order valence-electron chi connectivity index (χ3n) is 5.93. The van der Waals surface area contributed by atoms with Crippen molar-refractivity contribution in [2.24, 2.45) is 12.5 Å². The molecule has 1 heterocycles. The minimum Gasteiger partial charge on any atom is -0.352 e. The van der Waals surface area contributed by atoms with E-state index in [0.29, 0.717) is 23.6 Å². The number of aromatic nitrogens is 2. The third-order valence-corrected chi connectivity index (χ3v) is 6.83. The van der Waals surface area contributed by atoms with Crippen LogP contribution < -0.4 is 10.6 Å². The Hall–Kier alpha value is -3.16. The van der Waals surface area contributed by atoms with E-state index in [4.69, 9.17) is 16.6 Å². The molecule has 8 heteroatoms. The van der Waals surface area contributed by atoms with Crippen molar-refractivity contribution in [3.05, 3.63) is 92.7 Å². The summed E-state index contributed by atoms with van der Waals surface area (Å²) in [4.78, 5) is 29.8. The van der Waals surface area contributed by atoms with Gasteiger partial charge in [-0.25, -0.2) is 4.98 Å². The van der Waals surface area contributed by atoms with E-state index in [0.717, 1.165) is 38.1 Å². The van der Waals surface area contributed by atoms with E-state index in [-0.39, 0.29) is 11.8 Å². The third kappa shape index (κ3) is 5.97. The van der Waals surface area contributed by atoms with Crippen LogP contribution in [0.1, 0.15) is 48.1 Å². The van der Waals surface area contributed by atoms with Gasteiger partial charge in [0, 0.05) is 46.2 Å². The van der Waals surface area contributed by atoms with Crippen molar-refractivity contribution in [3.63, 3.8) is 0 Å². The summed E-state index contributed by atoms with van der Waals surface area (Å²) in [6.45, 7) is 6.09.